The van der Waals surface area contributed by atoms with Crippen LogP contribution in [-0.4, -0.2) is 47.4 Å². The Morgan fingerprint density at radius 1 is 0.435 bits per heavy atom. The van der Waals surface area contributed by atoms with E-state index in [1.54, 1.807) is 0 Å². The quantitative estimate of drug-likeness (QED) is 0.0321. The van der Waals surface area contributed by atoms with E-state index in [0.29, 0.717) is 25.9 Å². The number of aliphatic hydroxyl groups excluding tert-OH is 2. The Labute approximate surface area is 387 Å². The number of aliphatic hydroxyl groups is 2. The number of allylic oxidation sites excluding steroid dienone is 2. The van der Waals surface area contributed by atoms with Crippen molar-refractivity contribution in [2.75, 3.05) is 13.2 Å². The third-order valence-corrected chi connectivity index (χ3v) is 13.1. The van der Waals surface area contributed by atoms with E-state index in [9.17, 15) is 19.8 Å². The first-order valence-electron chi connectivity index (χ1n) is 27.9. The first-order valence-corrected chi connectivity index (χ1v) is 27.9. The van der Waals surface area contributed by atoms with Crippen molar-refractivity contribution in [2.45, 2.75) is 321 Å². The molecule has 0 aliphatic carbocycles. The molecule has 368 valence electrons. The van der Waals surface area contributed by atoms with E-state index in [1.165, 1.54) is 231 Å². The molecular formula is C56H109NO5. The number of ether oxygens (including phenoxy) is 1. The largest absolute Gasteiger partial charge is 0.466 e. The average molecular weight is 876 g/mol. The van der Waals surface area contributed by atoms with Crippen LogP contribution in [0.4, 0.5) is 0 Å². The van der Waals surface area contributed by atoms with Crippen molar-refractivity contribution in [3.8, 4) is 0 Å². The smallest absolute Gasteiger partial charge is 0.305 e. The summed E-state index contributed by atoms with van der Waals surface area (Å²) >= 11 is 0. The predicted molar refractivity (Wildman–Crippen MR) is 269 cm³/mol. The minimum absolute atomic E-state index is 0.00637. The lowest BCUT2D eigenvalue weighted by atomic mass is 10.0. The Morgan fingerprint density at radius 2 is 0.758 bits per heavy atom. The summed E-state index contributed by atoms with van der Waals surface area (Å²) in [4.78, 5) is 24.5. The molecule has 0 saturated heterocycles. The Kier molecular flexibility index (Phi) is 51.0. The average Bonchev–Trinajstić information content (AvgIpc) is 3.27. The van der Waals surface area contributed by atoms with Gasteiger partial charge in [-0.05, 0) is 51.4 Å². The van der Waals surface area contributed by atoms with E-state index < -0.39 is 12.1 Å². The van der Waals surface area contributed by atoms with E-state index in [2.05, 4.69) is 31.3 Å². The maximum atomic E-state index is 12.5. The van der Waals surface area contributed by atoms with Crippen LogP contribution in [0.3, 0.4) is 0 Å². The van der Waals surface area contributed by atoms with Crippen molar-refractivity contribution >= 4 is 11.9 Å². The number of hydrogen-bond acceptors (Lipinski definition) is 5. The van der Waals surface area contributed by atoms with E-state index in [-0.39, 0.29) is 18.5 Å². The standard InChI is InChI=1S/C56H109NO5/c1-3-5-7-9-11-13-15-17-18-19-22-25-28-32-36-40-44-48-54(59)53(52-58)57-55(60)49-45-41-37-33-29-26-23-20-21-24-27-31-35-39-43-47-51-62-56(61)50-46-42-38-34-30-16-14-12-10-8-6-4-2/h12,14,53-54,58-59H,3-11,13,15-52H2,1-2H3,(H,57,60)/b14-12-. The van der Waals surface area contributed by atoms with Crippen molar-refractivity contribution < 1.29 is 24.5 Å². The molecular weight excluding hydrogens is 767 g/mol. The minimum Gasteiger partial charge on any atom is -0.466 e. The molecule has 0 aliphatic rings. The van der Waals surface area contributed by atoms with Crippen molar-refractivity contribution in [1.82, 2.24) is 5.32 Å². The summed E-state index contributed by atoms with van der Waals surface area (Å²) in [5.41, 5.74) is 0. The van der Waals surface area contributed by atoms with Crippen LogP contribution >= 0.6 is 0 Å². The number of carbonyl (C=O) groups excluding carboxylic acids is 2. The second kappa shape index (κ2) is 52.2. The van der Waals surface area contributed by atoms with E-state index in [0.717, 1.165) is 44.9 Å². The van der Waals surface area contributed by atoms with E-state index in [4.69, 9.17) is 4.74 Å². The molecule has 0 aromatic rings. The third-order valence-electron chi connectivity index (χ3n) is 13.1. The summed E-state index contributed by atoms with van der Waals surface area (Å²) in [5.74, 6) is -0.0461. The van der Waals surface area contributed by atoms with Crippen LogP contribution in [0.1, 0.15) is 309 Å². The van der Waals surface area contributed by atoms with Crippen LogP contribution < -0.4 is 5.32 Å². The highest BCUT2D eigenvalue weighted by atomic mass is 16.5. The molecule has 2 unspecified atom stereocenters. The molecule has 0 saturated carbocycles. The number of rotatable bonds is 52. The lowest BCUT2D eigenvalue weighted by Crippen LogP contribution is -2.45. The van der Waals surface area contributed by atoms with Gasteiger partial charge in [-0.25, -0.2) is 0 Å². The molecule has 0 heterocycles. The Bertz CT molecular complexity index is 924. The van der Waals surface area contributed by atoms with Gasteiger partial charge >= 0.3 is 5.97 Å². The minimum atomic E-state index is -0.668. The summed E-state index contributed by atoms with van der Waals surface area (Å²) in [7, 11) is 0. The molecule has 0 bridgehead atoms. The van der Waals surface area contributed by atoms with Gasteiger partial charge < -0.3 is 20.3 Å². The normalized spacial score (nSPS) is 12.6. The zero-order valence-electron chi connectivity index (χ0n) is 41.9. The van der Waals surface area contributed by atoms with Crippen LogP contribution in [0, 0.1) is 0 Å². The second-order valence-corrected chi connectivity index (χ2v) is 19.3. The SMILES string of the molecule is CCCCC/C=C\CCCCCCCC(=O)OCCCCCCCCCCCCCCCCCCC(=O)NC(CO)C(O)CCCCCCCCCCCCCCCCCCC. The molecule has 0 rings (SSSR count). The molecule has 0 aliphatic heterocycles. The fraction of sp³-hybridized carbons (Fsp3) is 0.929. The first-order chi connectivity index (χ1) is 30.5. The molecule has 0 radical (unpaired) electrons. The van der Waals surface area contributed by atoms with Gasteiger partial charge in [0.2, 0.25) is 5.91 Å². The molecule has 6 heteroatoms. The summed E-state index contributed by atoms with van der Waals surface area (Å²) in [5, 5.41) is 23.3. The van der Waals surface area contributed by atoms with Gasteiger partial charge in [-0.1, -0.05) is 257 Å². The van der Waals surface area contributed by atoms with Crippen LogP contribution in [0.15, 0.2) is 12.2 Å². The van der Waals surface area contributed by atoms with Gasteiger partial charge in [-0.3, -0.25) is 9.59 Å². The Balaban J connectivity index is 3.43. The van der Waals surface area contributed by atoms with E-state index in [1.807, 2.05) is 0 Å². The summed E-state index contributed by atoms with van der Waals surface area (Å²) in [6.07, 6.45) is 60.4. The Morgan fingerprint density at radius 3 is 1.18 bits per heavy atom. The number of esters is 1. The number of nitrogens with one attached hydrogen (secondary N) is 1. The fourth-order valence-corrected chi connectivity index (χ4v) is 8.75. The van der Waals surface area contributed by atoms with Gasteiger partial charge in [0, 0.05) is 12.8 Å². The van der Waals surface area contributed by atoms with Crippen molar-refractivity contribution in [1.29, 1.82) is 0 Å². The number of hydrogen-bond donors (Lipinski definition) is 3. The molecule has 0 fully saturated rings. The maximum absolute atomic E-state index is 12.5. The number of carbonyl (C=O) groups is 2. The van der Waals surface area contributed by atoms with Crippen LogP contribution in [0.2, 0.25) is 0 Å². The topological polar surface area (TPSA) is 95.9 Å². The van der Waals surface area contributed by atoms with Gasteiger partial charge in [0.05, 0.1) is 25.4 Å². The van der Waals surface area contributed by atoms with Crippen LogP contribution in [-0.2, 0) is 14.3 Å². The second-order valence-electron chi connectivity index (χ2n) is 19.3. The molecule has 1 amide bonds. The van der Waals surface area contributed by atoms with Gasteiger partial charge in [0.25, 0.3) is 0 Å². The lowest BCUT2D eigenvalue weighted by Gasteiger charge is -2.22. The molecule has 0 spiro atoms. The number of amides is 1. The van der Waals surface area contributed by atoms with Crippen molar-refractivity contribution in [2.24, 2.45) is 0 Å². The zero-order valence-corrected chi connectivity index (χ0v) is 41.9. The predicted octanol–water partition coefficient (Wildman–Crippen LogP) is 16.9. The third kappa shape index (κ3) is 48.1. The lowest BCUT2D eigenvalue weighted by molar-refractivity contribution is -0.143. The van der Waals surface area contributed by atoms with Crippen LogP contribution in [0.25, 0.3) is 0 Å². The maximum Gasteiger partial charge on any atom is 0.305 e. The highest BCUT2D eigenvalue weighted by molar-refractivity contribution is 5.76. The molecule has 62 heavy (non-hydrogen) atoms. The summed E-state index contributed by atoms with van der Waals surface area (Å²) in [6, 6.07) is -0.546. The monoisotopic (exact) mass is 876 g/mol. The zero-order chi connectivity index (χ0) is 45.1. The number of unbranched alkanes of at least 4 members (excludes halogenated alkanes) is 39. The van der Waals surface area contributed by atoms with Gasteiger partial charge in [-0.2, -0.15) is 0 Å². The highest BCUT2D eigenvalue weighted by Crippen LogP contribution is 2.17. The van der Waals surface area contributed by atoms with Crippen molar-refractivity contribution in [3.05, 3.63) is 12.2 Å². The molecule has 0 aromatic carbocycles. The fourth-order valence-electron chi connectivity index (χ4n) is 8.75. The highest BCUT2D eigenvalue weighted by Gasteiger charge is 2.20. The molecule has 3 N–H and O–H groups in total. The van der Waals surface area contributed by atoms with E-state index >= 15 is 0 Å². The van der Waals surface area contributed by atoms with Gasteiger partial charge in [-0.15, -0.1) is 0 Å². The van der Waals surface area contributed by atoms with Crippen LogP contribution in [0.5, 0.6) is 0 Å². The molecule has 0 aromatic heterocycles. The first kappa shape index (κ1) is 60.6. The molecule has 2 atom stereocenters. The Hall–Kier alpha value is -1.40. The molecule has 6 nitrogen and oxygen atoms in total. The summed E-state index contributed by atoms with van der Waals surface area (Å²) in [6.45, 7) is 4.93. The van der Waals surface area contributed by atoms with Gasteiger partial charge in [0.15, 0.2) is 0 Å². The van der Waals surface area contributed by atoms with Gasteiger partial charge in [0.1, 0.15) is 0 Å². The summed E-state index contributed by atoms with van der Waals surface area (Å²) < 4.78 is 5.45. The van der Waals surface area contributed by atoms with Crippen molar-refractivity contribution in [3.63, 3.8) is 0 Å².